The van der Waals surface area contributed by atoms with Crippen molar-refractivity contribution in [2.75, 3.05) is 19.0 Å². The van der Waals surface area contributed by atoms with Crippen LogP contribution < -0.4 is 10.1 Å². The molecular weight excluding hydrogens is 412 g/mol. The fourth-order valence-electron chi connectivity index (χ4n) is 3.95. The number of benzene rings is 3. The molecule has 0 radical (unpaired) electrons. The van der Waals surface area contributed by atoms with Crippen LogP contribution in [0.1, 0.15) is 35.4 Å². The number of anilines is 1. The van der Waals surface area contributed by atoms with Gasteiger partial charge in [-0.15, -0.1) is 0 Å². The minimum Gasteiger partial charge on any atom is -0.480 e. The molecule has 0 saturated heterocycles. The van der Waals surface area contributed by atoms with E-state index in [9.17, 15) is 13.9 Å². The van der Waals surface area contributed by atoms with E-state index in [0.717, 1.165) is 40.1 Å². The maximum atomic E-state index is 13.9. The zero-order valence-electron chi connectivity index (χ0n) is 18.2. The number of methoxy groups -OCH3 is 1. The van der Waals surface area contributed by atoms with Crippen molar-refractivity contribution < 1.29 is 23.4 Å². The van der Waals surface area contributed by atoms with Crippen LogP contribution in [0, 0.1) is 18.6 Å². The third kappa shape index (κ3) is 4.38. The summed E-state index contributed by atoms with van der Waals surface area (Å²) >= 11 is 0. The van der Waals surface area contributed by atoms with Gasteiger partial charge in [-0.2, -0.15) is 0 Å². The molecule has 2 unspecified atom stereocenters. The molecule has 4 nitrogen and oxygen atoms in total. The van der Waals surface area contributed by atoms with E-state index >= 15 is 0 Å². The van der Waals surface area contributed by atoms with E-state index in [-0.39, 0.29) is 0 Å². The molecular formula is C26H25F2NO3. The van der Waals surface area contributed by atoms with Gasteiger partial charge < -0.3 is 19.9 Å². The molecule has 32 heavy (non-hydrogen) atoms. The summed E-state index contributed by atoms with van der Waals surface area (Å²) in [7, 11) is 1.64. The smallest absolute Gasteiger partial charge is 0.156 e. The van der Waals surface area contributed by atoms with Gasteiger partial charge in [0.05, 0.1) is 12.2 Å². The Kier molecular flexibility index (Phi) is 6.00. The minimum absolute atomic E-state index is 0.393. The molecule has 1 aliphatic heterocycles. The molecule has 0 fully saturated rings. The fourth-order valence-corrected chi connectivity index (χ4v) is 3.95. The number of hydrogen-bond acceptors (Lipinski definition) is 4. The van der Waals surface area contributed by atoms with E-state index in [2.05, 4.69) is 11.4 Å². The molecule has 3 aromatic carbocycles. The van der Waals surface area contributed by atoms with Gasteiger partial charge in [-0.3, -0.25) is 0 Å². The lowest BCUT2D eigenvalue weighted by molar-refractivity contribution is 0.0374. The third-order valence-electron chi connectivity index (χ3n) is 5.42. The lowest BCUT2D eigenvalue weighted by Gasteiger charge is -2.34. The van der Waals surface area contributed by atoms with Gasteiger partial charge in [-0.25, -0.2) is 8.78 Å². The second-order valence-electron chi connectivity index (χ2n) is 8.16. The number of rotatable bonds is 6. The maximum absolute atomic E-state index is 13.9. The molecule has 3 aromatic rings. The number of aliphatic hydroxyl groups excluding tert-OH is 1. The second kappa shape index (κ2) is 8.73. The largest absolute Gasteiger partial charge is 0.480 e. The van der Waals surface area contributed by atoms with Crippen LogP contribution in [0.15, 0.2) is 66.7 Å². The van der Waals surface area contributed by atoms with E-state index < -0.39 is 29.0 Å². The number of nitrogens with one attached hydrogen (secondary N) is 1. The molecule has 1 heterocycles. The summed E-state index contributed by atoms with van der Waals surface area (Å²) in [6.45, 7) is 4.38. The van der Waals surface area contributed by atoms with Crippen molar-refractivity contribution in [2.45, 2.75) is 25.7 Å². The van der Waals surface area contributed by atoms with Crippen molar-refractivity contribution in [2.24, 2.45) is 0 Å². The standard InChI is InChI=1S/C26H25F2NO3/c1-16-7-12-23-19(13-16)20(14-26(2,32-23)15-31-3)17-8-10-18(11-9-17)29-25(30)24-21(27)5-4-6-22(24)28/h4-14,25,29-30H,15H2,1-3H3. The lowest BCUT2D eigenvalue weighted by Crippen LogP contribution is -2.37. The molecule has 1 aliphatic rings. The van der Waals surface area contributed by atoms with E-state index in [1.54, 1.807) is 19.2 Å². The Morgan fingerprint density at radius 3 is 2.41 bits per heavy atom. The first-order valence-corrected chi connectivity index (χ1v) is 10.3. The van der Waals surface area contributed by atoms with Crippen molar-refractivity contribution in [3.63, 3.8) is 0 Å². The van der Waals surface area contributed by atoms with Gasteiger partial charge in [0, 0.05) is 18.4 Å². The first kappa shape index (κ1) is 22.0. The molecule has 166 valence electrons. The van der Waals surface area contributed by atoms with Gasteiger partial charge in [-0.1, -0.05) is 29.8 Å². The van der Waals surface area contributed by atoms with Crippen LogP contribution in [0.2, 0.25) is 0 Å². The Morgan fingerprint density at radius 2 is 1.75 bits per heavy atom. The summed E-state index contributed by atoms with van der Waals surface area (Å²) in [4.78, 5) is 0. The van der Waals surface area contributed by atoms with Gasteiger partial charge in [-0.05, 0) is 67.5 Å². The van der Waals surface area contributed by atoms with Crippen LogP contribution in [0.4, 0.5) is 14.5 Å². The first-order valence-electron chi connectivity index (χ1n) is 10.3. The summed E-state index contributed by atoms with van der Waals surface area (Å²) in [5.41, 5.74) is 3.53. The summed E-state index contributed by atoms with van der Waals surface area (Å²) in [6.07, 6.45) is 0.530. The van der Waals surface area contributed by atoms with Gasteiger partial charge >= 0.3 is 0 Å². The molecule has 4 rings (SSSR count). The monoisotopic (exact) mass is 437 g/mol. The highest BCUT2D eigenvalue weighted by Gasteiger charge is 2.31. The van der Waals surface area contributed by atoms with E-state index in [0.29, 0.717) is 12.3 Å². The normalized spacial score (nSPS) is 18.4. The molecule has 0 spiro atoms. The van der Waals surface area contributed by atoms with Crippen LogP contribution in [0.5, 0.6) is 5.75 Å². The number of ether oxygens (including phenoxy) is 2. The molecule has 0 bridgehead atoms. The average Bonchev–Trinajstić information content (AvgIpc) is 2.74. The zero-order chi connectivity index (χ0) is 22.9. The molecule has 0 saturated carbocycles. The average molecular weight is 437 g/mol. The van der Waals surface area contributed by atoms with Crippen LogP contribution >= 0.6 is 0 Å². The van der Waals surface area contributed by atoms with Crippen LogP contribution in [-0.2, 0) is 4.74 Å². The highest BCUT2D eigenvalue weighted by Crippen LogP contribution is 2.40. The van der Waals surface area contributed by atoms with E-state index in [1.165, 1.54) is 6.07 Å². The quantitative estimate of drug-likeness (QED) is 0.493. The fraction of sp³-hybridized carbons (Fsp3) is 0.231. The SMILES string of the molecule is COCC1(C)C=C(c2ccc(NC(O)c3c(F)cccc3F)cc2)c2cc(C)ccc2O1. The topological polar surface area (TPSA) is 50.7 Å². The van der Waals surface area contributed by atoms with Crippen LogP contribution in [0.3, 0.4) is 0 Å². The molecule has 6 heteroatoms. The van der Waals surface area contributed by atoms with Crippen molar-refractivity contribution in [3.05, 3.63) is 101 Å². The first-order chi connectivity index (χ1) is 15.3. The Bertz CT molecular complexity index is 1140. The molecule has 0 aromatic heterocycles. The lowest BCUT2D eigenvalue weighted by atomic mass is 9.88. The van der Waals surface area contributed by atoms with Crippen molar-refractivity contribution in [3.8, 4) is 5.75 Å². The van der Waals surface area contributed by atoms with Crippen molar-refractivity contribution in [1.29, 1.82) is 0 Å². The number of aryl methyl sites for hydroxylation is 1. The predicted molar refractivity (Wildman–Crippen MR) is 121 cm³/mol. The summed E-state index contributed by atoms with van der Waals surface area (Å²) in [6, 6.07) is 16.8. The Balaban J connectivity index is 1.64. The van der Waals surface area contributed by atoms with Gasteiger partial charge in [0.15, 0.2) is 6.23 Å². The van der Waals surface area contributed by atoms with Gasteiger partial charge in [0.1, 0.15) is 23.0 Å². The van der Waals surface area contributed by atoms with Crippen LogP contribution in [-0.4, -0.2) is 24.4 Å². The number of fused-ring (bicyclic) bond motifs is 1. The molecule has 0 amide bonds. The Labute approximate surface area is 186 Å². The zero-order valence-corrected chi connectivity index (χ0v) is 18.2. The number of hydrogen-bond donors (Lipinski definition) is 2. The molecule has 0 aliphatic carbocycles. The molecule has 2 N–H and O–H groups in total. The predicted octanol–water partition coefficient (Wildman–Crippen LogP) is 5.61. The Morgan fingerprint density at radius 1 is 1.06 bits per heavy atom. The maximum Gasteiger partial charge on any atom is 0.156 e. The van der Waals surface area contributed by atoms with Crippen molar-refractivity contribution in [1.82, 2.24) is 0 Å². The van der Waals surface area contributed by atoms with Gasteiger partial charge in [0.2, 0.25) is 0 Å². The highest BCUT2D eigenvalue weighted by atomic mass is 19.1. The number of aliphatic hydroxyl groups is 1. The van der Waals surface area contributed by atoms with Crippen LogP contribution in [0.25, 0.3) is 5.57 Å². The third-order valence-corrected chi connectivity index (χ3v) is 5.42. The Hall–Kier alpha value is -3.22. The second-order valence-corrected chi connectivity index (χ2v) is 8.16. The minimum atomic E-state index is -1.52. The van der Waals surface area contributed by atoms with E-state index in [1.807, 2.05) is 44.2 Å². The van der Waals surface area contributed by atoms with E-state index in [4.69, 9.17) is 9.47 Å². The summed E-state index contributed by atoms with van der Waals surface area (Å²) in [5, 5.41) is 13.1. The summed E-state index contributed by atoms with van der Waals surface area (Å²) in [5.74, 6) is -0.836. The van der Waals surface area contributed by atoms with Gasteiger partial charge in [0.25, 0.3) is 0 Å². The van der Waals surface area contributed by atoms with Crippen molar-refractivity contribution >= 4 is 11.3 Å². The molecule has 2 atom stereocenters. The summed E-state index contributed by atoms with van der Waals surface area (Å²) < 4.78 is 39.5. The highest BCUT2D eigenvalue weighted by molar-refractivity contribution is 5.85. The number of halogens is 2.